The molecular formula is C20H25ClN3O2+. The zero-order valence-corrected chi connectivity index (χ0v) is 16.1. The Morgan fingerprint density at radius 3 is 2.35 bits per heavy atom. The van der Waals surface area contributed by atoms with E-state index in [1.807, 2.05) is 51.1 Å². The molecule has 5 nitrogen and oxygen atoms in total. The third kappa shape index (κ3) is 6.17. The van der Waals surface area contributed by atoms with Crippen LogP contribution in [-0.4, -0.2) is 31.4 Å². The van der Waals surface area contributed by atoms with Gasteiger partial charge in [-0.15, -0.1) is 0 Å². The third-order valence-corrected chi connectivity index (χ3v) is 4.33. The highest BCUT2D eigenvalue weighted by Crippen LogP contribution is 2.19. The number of aryl methyl sites for hydroxylation is 2. The fourth-order valence-corrected chi connectivity index (χ4v) is 2.79. The van der Waals surface area contributed by atoms with Crippen molar-refractivity contribution in [2.45, 2.75) is 20.8 Å². The molecule has 26 heavy (non-hydrogen) atoms. The lowest BCUT2D eigenvalue weighted by Crippen LogP contribution is -3.13. The Morgan fingerprint density at radius 1 is 1.00 bits per heavy atom. The summed E-state index contributed by atoms with van der Waals surface area (Å²) < 4.78 is 0. The van der Waals surface area contributed by atoms with Crippen LogP contribution < -0.4 is 15.5 Å². The van der Waals surface area contributed by atoms with Gasteiger partial charge in [0.2, 0.25) is 0 Å². The second-order valence-corrected chi connectivity index (χ2v) is 6.82. The number of benzene rings is 2. The molecule has 0 saturated carbocycles. The monoisotopic (exact) mass is 374 g/mol. The molecule has 0 bridgehead atoms. The van der Waals surface area contributed by atoms with Gasteiger partial charge in [-0.05, 0) is 56.2 Å². The number of carbonyl (C=O) groups excluding carboxylic acids is 2. The molecule has 0 aliphatic heterocycles. The Labute approximate surface area is 159 Å². The molecule has 0 fully saturated rings. The fraction of sp³-hybridized carbons (Fsp3) is 0.300. The summed E-state index contributed by atoms with van der Waals surface area (Å²) in [7, 11) is 0. The number of quaternary nitrogens is 1. The van der Waals surface area contributed by atoms with E-state index >= 15 is 0 Å². The van der Waals surface area contributed by atoms with Gasteiger partial charge < -0.3 is 15.5 Å². The van der Waals surface area contributed by atoms with Crippen LogP contribution in [0.15, 0.2) is 42.5 Å². The summed E-state index contributed by atoms with van der Waals surface area (Å²) in [5.74, 6) is -0.255. The van der Waals surface area contributed by atoms with Crippen LogP contribution in [-0.2, 0) is 9.59 Å². The Bertz CT molecular complexity index is 792. The molecule has 3 N–H and O–H groups in total. The van der Waals surface area contributed by atoms with E-state index in [-0.39, 0.29) is 24.9 Å². The molecule has 0 aliphatic rings. The van der Waals surface area contributed by atoms with Crippen LogP contribution >= 0.6 is 11.6 Å². The molecule has 2 amide bonds. The highest BCUT2D eigenvalue weighted by atomic mass is 35.5. The Morgan fingerprint density at radius 2 is 1.69 bits per heavy atom. The number of carbonyl (C=O) groups is 2. The minimum absolute atomic E-state index is 0.112. The molecule has 0 heterocycles. The van der Waals surface area contributed by atoms with Gasteiger partial charge in [0.25, 0.3) is 11.8 Å². The number of hydrogen-bond donors (Lipinski definition) is 3. The van der Waals surface area contributed by atoms with Gasteiger partial charge in [0.1, 0.15) is 0 Å². The normalized spacial score (nSPS) is 11.7. The number of hydrogen-bond acceptors (Lipinski definition) is 2. The number of anilines is 2. The van der Waals surface area contributed by atoms with Crippen LogP contribution in [0.5, 0.6) is 0 Å². The predicted molar refractivity (Wildman–Crippen MR) is 106 cm³/mol. The molecular weight excluding hydrogens is 350 g/mol. The van der Waals surface area contributed by atoms with E-state index < -0.39 is 0 Å². The quantitative estimate of drug-likeness (QED) is 0.697. The van der Waals surface area contributed by atoms with Crippen molar-refractivity contribution in [2.24, 2.45) is 0 Å². The van der Waals surface area contributed by atoms with E-state index in [2.05, 4.69) is 10.6 Å². The number of halogens is 1. The van der Waals surface area contributed by atoms with E-state index in [9.17, 15) is 9.59 Å². The van der Waals surface area contributed by atoms with Crippen molar-refractivity contribution in [3.05, 3.63) is 58.6 Å². The van der Waals surface area contributed by atoms with Crippen molar-refractivity contribution in [2.75, 3.05) is 30.3 Å². The van der Waals surface area contributed by atoms with Crippen LogP contribution in [0.25, 0.3) is 0 Å². The van der Waals surface area contributed by atoms with Gasteiger partial charge in [0.05, 0.1) is 6.54 Å². The maximum absolute atomic E-state index is 12.3. The summed E-state index contributed by atoms with van der Waals surface area (Å²) >= 11 is 5.98. The fourth-order valence-electron chi connectivity index (χ4n) is 2.62. The van der Waals surface area contributed by atoms with Crippen molar-refractivity contribution >= 4 is 34.8 Å². The number of likely N-dealkylation sites (N-methyl/N-ethyl adjacent to an activating group) is 1. The molecule has 2 aromatic rings. The van der Waals surface area contributed by atoms with Gasteiger partial charge in [-0.1, -0.05) is 29.8 Å². The molecule has 0 spiro atoms. The topological polar surface area (TPSA) is 62.6 Å². The standard InChI is InChI=1S/C20H24ClN3O2/c1-4-24(12-19(25)22-17-7-5-6-14(2)10-17)13-20(26)23-18-11-16(21)9-8-15(18)3/h5-11H,4,12-13H2,1-3H3,(H,22,25)(H,23,26)/p+1. The molecule has 0 aliphatic carbocycles. The first-order chi connectivity index (χ1) is 12.4. The van der Waals surface area contributed by atoms with E-state index in [4.69, 9.17) is 11.6 Å². The summed E-state index contributed by atoms with van der Waals surface area (Å²) in [6.45, 7) is 6.94. The minimum Gasteiger partial charge on any atom is -0.321 e. The zero-order valence-electron chi connectivity index (χ0n) is 15.4. The van der Waals surface area contributed by atoms with E-state index in [0.717, 1.165) is 21.7 Å². The Kier molecular flexibility index (Phi) is 7.18. The first-order valence-corrected chi connectivity index (χ1v) is 9.01. The summed E-state index contributed by atoms with van der Waals surface area (Å²) in [5.41, 5.74) is 3.49. The average molecular weight is 375 g/mol. The molecule has 1 unspecified atom stereocenters. The first-order valence-electron chi connectivity index (χ1n) is 8.63. The van der Waals surface area contributed by atoms with Crippen molar-refractivity contribution < 1.29 is 14.5 Å². The molecule has 2 rings (SSSR count). The highest BCUT2D eigenvalue weighted by molar-refractivity contribution is 6.31. The summed E-state index contributed by atoms with van der Waals surface area (Å²) in [5, 5.41) is 6.32. The predicted octanol–water partition coefficient (Wildman–Crippen LogP) is 2.44. The second-order valence-electron chi connectivity index (χ2n) is 6.38. The number of nitrogens with one attached hydrogen (secondary N) is 3. The molecule has 0 saturated heterocycles. The Balaban J connectivity index is 1.90. The van der Waals surface area contributed by atoms with Gasteiger partial charge >= 0.3 is 0 Å². The third-order valence-electron chi connectivity index (χ3n) is 4.10. The summed E-state index contributed by atoms with van der Waals surface area (Å²) in [4.78, 5) is 25.5. The molecule has 138 valence electrons. The van der Waals surface area contributed by atoms with Crippen molar-refractivity contribution in [3.8, 4) is 0 Å². The lowest BCUT2D eigenvalue weighted by atomic mass is 10.2. The number of amides is 2. The average Bonchev–Trinajstić information content (AvgIpc) is 2.57. The van der Waals surface area contributed by atoms with Gasteiger partial charge in [-0.25, -0.2) is 0 Å². The summed E-state index contributed by atoms with van der Waals surface area (Å²) in [6.07, 6.45) is 0. The maximum Gasteiger partial charge on any atom is 0.279 e. The van der Waals surface area contributed by atoms with E-state index in [0.29, 0.717) is 17.3 Å². The summed E-state index contributed by atoms with van der Waals surface area (Å²) in [6, 6.07) is 13.0. The second kappa shape index (κ2) is 9.36. The zero-order chi connectivity index (χ0) is 19.1. The molecule has 0 radical (unpaired) electrons. The van der Waals surface area contributed by atoms with Crippen molar-refractivity contribution in [3.63, 3.8) is 0 Å². The first kappa shape index (κ1) is 19.9. The van der Waals surface area contributed by atoms with Gasteiger partial charge in [0, 0.05) is 16.4 Å². The SMILES string of the molecule is CC[NH+](CC(=O)Nc1cccc(C)c1)CC(=O)Nc1cc(Cl)ccc1C. The largest absolute Gasteiger partial charge is 0.321 e. The van der Waals surface area contributed by atoms with Crippen LogP contribution in [0.1, 0.15) is 18.1 Å². The smallest absolute Gasteiger partial charge is 0.279 e. The van der Waals surface area contributed by atoms with Crippen LogP contribution in [0.2, 0.25) is 5.02 Å². The minimum atomic E-state index is -0.143. The van der Waals surface area contributed by atoms with E-state index in [1.165, 1.54) is 0 Å². The van der Waals surface area contributed by atoms with Crippen LogP contribution in [0, 0.1) is 13.8 Å². The lowest BCUT2D eigenvalue weighted by Gasteiger charge is -2.17. The van der Waals surface area contributed by atoms with Gasteiger partial charge in [-0.2, -0.15) is 0 Å². The van der Waals surface area contributed by atoms with E-state index in [1.54, 1.807) is 12.1 Å². The van der Waals surface area contributed by atoms with Crippen LogP contribution in [0.4, 0.5) is 11.4 Å². The van der Waals surface area contributed by atoms with Gasteiger partial charge in [-0.3, -0.25) is 9.59 Å². The highest BCUT2D eigenvalue weighted by Gasteiger charge is 2.17. The number of rotatable bonds is 7. The Hall–Kier alpha value is -2.37. The maximum atomic E-state index is 12.3. The molecule has 6 heteroatoms. The molecule has 0 aromatic heterocycles. The lowest BCUT2D eigenvalue weighted by molar-refractivity contribution is -0.881. The molecule has 2 aromatic carbocycles. The van der Waals surface area contributed by atoms with Crippen molar-refractivity contribution in [1.82, 2.24) is 0 Å². The molecule has 1 atom stereocenters. The van der Waals surface area contributed by atoms with Crippen molar-refractivity contribution in [1.29, 1.82) is 0 Å². The van der Waals surface area contributed by atoms with Crippen LogP contribution in [0.3, 0.4) is 0 Å². The van der Waals surface area contributed by atoms with Gasteiger partial charge in [0.15, 0.2) is 13.1 Å².